The predicted molar refractivity (Wildman–Crippen MR) is 153 cm³/mol. The van der Waals surface area contributed by atoms with Crippen LogP contribution in [0, 0.1) is 11.9 Å². The van der Waals surface area contributed by atoms with E-state index in [1.807, 2.05) is 72.9 Å². The van der Waals surface area contributed by atoms with Gasteiger partial charge in [0.1, 0.15) is 11.2 Å². The minimum Gasteiger partial charge on any atom is -0.307 e. The van der Waals surface area contributed by atoms with Gasteiger partial charge in [0.25, 0.3) is 0 Å². The van der Waals surface area contributed by atoms with Gasteiger partial charge in [0, 0.05) is 23.2 Å². The topological polar surface area (TPSA) is 43.6 Å². The van der Waals surface area contributed by atoms with E-state index in [4.69, 9.17) is 4.98 Å². The van der Waals surface area contributed by atoms with Crippen molar-refractivity contribution < 1.29 is 8.78 Å². The highest BCUT2D eigenvalue weighted by molar-refractivity contribution is 6.07. The van der Waals surface area contributed by atoms with Crippen molar-refractivity contribution in [3.8, 4) is 11.3 Å². The number of hydrogen-bond acceptors (Lipinski definition) is 3. The summed E-state index contributed by atoms with van der Waals surface area (Å²) in [4.78, 5) is 12.9. The van der Waals surface area contributed by atoms with Crippen LogP contribution in [0.2, 0.25) is 0 Å². The maximum atomic E-state index is 14.9. The molecule has 4 nitrogen and oxygen atoms in total. The second-order valence-electron chi connectivity index (χ2n) is 9.58. The second kappa shape index (κ2) is 9.50. The zero-order valence-corrected chi connectivity index (χ0v) is 21.2. The van der Waals surface area contributed by atoms with Crippen LogP contribution in [0.4, 0.5) is 8.78 Å². The number of benzene rings is 3. The van der Waals surface area contributed by atoms with Gasteiger partial charge in [0.15, 0.2) is 0 Å². The highest BCUT2D eigenvalue weighted by Gasteiger charge is 2.41. The normalized spacial score (nSPS) is 11.8. The van der Waals surface area contributed by atoms with E-state index in [0.717, 1.165) is 39.0 Å². The first-order chi connectivity index (χ1) is 19.7. The van der Waals surface area contributed by atoms with Gasteiger partial charge in [-0.3, -0.25) is 4.98 Å². The van der Waals surface area contributed by atoms with E-state index in [1.54, 1.807) is 12.3 Å². The summed E-state index contributed by atoms with van der Waals surface area (Å²) >= 11 is 0. The molecule has 6 heteroatoms. The Hall–Kier alpha value is -5.23. The molecule has 192 valence electrons. The van der Waals surface area contributed by atoms with Crippen molar-refractivity contribution in [2.24, 2.45) is 0 Å². The van der Waals surface area contributed by atoms with Crippen LogP contribution >= 0.6 is 0 Å². The Morgan fingerprint density at radius 3 is 1.75 bits per heavy atom. The van der Waals surface area contributed by atoms with Crippen LogP contribution in [-0.4, -0.2) is 19.5 Å². The molecule has 40 heavy (non-hydrogen) atoms. The molecular weight excluding hydrogens is 502 g/mol. The zero-order valence-electron chi connectivity index (χ0n) is 21.2. The van der Waals surface area contributed by atoms with Crippen molar-refractivity contribution >= 4 is 21.9 Å². The predicted octanol–water partition coefficient (Wildman–Crippen LogP) is 7.76. The van der Waals surface area contributed by atoms with Gasteiger partial charge in [0.2, 0.25) is 11.9 Å². The van der Waals surface area contributed by atoms with E-state index in [-0.39, 0.29) is 5.56 Å². The largest absolute Gasteiger partial charge is 0.307 e. The minimum absolute atomic E-state index is 0.128. The lowest BCUT2D eigenvalue weighted by Gasteiger charge is -2.38. The van der Waals surface area contributed by atoms with Crippen molar-refractivity contribution in [1.82, 2.24) is 19.5 Å². The summed E-state index contributed by atoms with van der Waals surface area (Å²) in [7, 11) is 0. The van der Waals surface area contributed by atoms with Gasteiger partial charge in [-0.15, -0.1) is 0 Å². The van der Waals surface area contributed by atoms with Crippen molar-refractivity contribution in [1.29, 1.82) is 0 Å². The van der Waals surface area contributed by atoms with Crippen LogP contribution in [0.1, 0.15) is 16.7 Å². The number of rotatable bonds is 5. The monoisotopic (exact) mass is 524 g/mol. The van der Waals surface area contributed by atoms with Crippen LogP contribution in [0.25, 0.3) is 33.2 Å². The molecule has 0 fully saturated rings. The van der Waals surface area contributed by atoms with Crippen molar-refractivity contribution in [3.05, 3.63) is 162 Å². The van der Waals surface area contributed by atoms with E-state index < -0.39 is 17.4 Å². The summed E-state index contributed by atoms with van der Waals surface area (Å²) in [6.45, 7) is 0. The molecule has 0 spiro atoms. The standard InChI is InChI=1S/C34H22F2N4/c35-31-19-17-27(32(36)39-31)29-18-16-26-28-22-37-21-20-30(28)40(33(26)38-29)34(23-10-4-1-5-11-23,24-12-6-2-7-13-24)25-14-8-3-9-15-25/h1-22H. The highest BCUT2D eigenvalue weighted by atomic mass is 19.1. The Morgan fingerprint density at radius 1 is 0.575 bits per heavy atom. The molecule has 0 saturated heterocycles. The maximum Gasteiger partial charge on any atom is 0.224 e. The number of halogens is 2. The molecule has 0 atom stereocenters. The maximum absolute atomic E-state index is 14.9. The van der Waals surface area contributed by atoms with Crippen molar-refractivity contribution in [2.75, 3.05) is 0 Å². The fraction of sp³-hybridized carbons (Fsp3) is 0.0294. The lowest BCUT2D eigenvalue weighted by atomic mass is 9.76. The molecule has 0 aliphatic carbocycles. The fourth-order valence-electron chi connectivity index (χ4n) is 5.75. The van der Waals surface area contributed by atoms with Crippen LogP contribution in [-0.2, 0) is 5.54 Å². The number of nitrogens with zero attached hydrogens (tertiary/aromatic N) is 4. The van der Waals surface area contributed by atoms with Gasteiger partial charge >= 0.3 is 0 Å². The number of aromatic nitrogens is 4. The molecule has 7 aromatic rings. The summed E-state index contributed by atoms with van der Waals surface area (Å²) in [5.41, 5.74) is 4.29. The smallest absolute Gasteiger partial charge is 0.224 e. The highest BCUT2D eigenvalue weighted by Crippen LogP contribution is 2.46. The molecule has 0 radical (unpaired) electrons. The zero-order chi connectivity index (χ0) is 27.1. The molecule has 7 rings (SSSR count). The van der Waals surface area contributed by atoms with E-state index in [0.29, 0.717) is 11.3 Å². The average Bonchev–Trinajstić information content (AvgIpc) is 3.33. The van der Waals surface area contributed by atoms with Crippen LogP contribution in [0.5, 0.6) is 0 Å². The molecule has 3 aromatic carbocycles. The summed E-state index contributed by atoms with van der Waals surface area (Å²) in [6, 6.07) is 39.1. The Kier molecular flexibility index (Phi) is 5.67. The Balaban J connectivity index is 1.69. The van der Waals surface area contributed by atoms with Crippen LogP contribution in [0.3, 0.4) is 0 Å². The number of pyridine rings is 3. The van der Waals surface area contributed by atoms with Gasteiger partial charge in [-0.2, -0.15) is 13.8 Å². The lowest BCUT2D eigenvalue weighted by Crippen LogP contribution is -2.37. The number of fused-ring (bicyclic) bond motifs is 3. The van der Waals surface area contributed by atoms with Gasteiger partial charge < -0.3 is 4.57 Å². The van der Waals surface area contributed by atoms with Gasteiger partial charge in [-0.05, 0) is 47.0 Å². The summed E-state index contributed by atoms with van der Waals surface area (Å²) in [6.07, 6.45) is 3.61. The second-order valence-corrected chi connectivity index (χ2v) is 9.58. The Bertz CT molecular complexity index is 1870. The third-order valence-electron chi connectivity index (χ3n) is 7.42. The van der Waals surface area contributed by atoms with Crippen LogP contribution in [0.15, 0.2) is 134 Å². The summed E-state index contributed by atoms with van der Waals surface area (Å²) in [5, 5.41) is 1.79. The first kappa shape index (κ1) is 23.9. The first-order valence-electron chi connectivity index (χ1n) is 12.9. The fourth-order valence-corrected chi connectivity index (χ4v) is 5.75. The molecule has 0 bridgehead atoms. The average molecular weight is 525 g/mol. The van der Waals surface area contributed by atoms with Crippen LogP contribution < -0.4 is 0 Å². The molecule has 4 aromatic heterocycles. The molecule has 0 amide bonds. The summed E-state index contributed by atoms with van der Waals surface area (Å²) < 4.78 is 30.7. The van der Waals surface area contributed by atoms with E-state index in [2.05, 4.69) is 50.9 Å². The molecule has 0 unspecified atom stereocenters. The summed E-state index contributed by atoms with van der Waals surface area (Å²) in [5.74, 6) is -1.78. The van der Waals surface area contributed by atoms with E-state index in [1.165, 1.54) is 6.07 Å². The molecule has 4 heterocycles. The third-order valence-corrected chi connectivity index (χ3v) is 7.42. The molecule has 0 aliphatic rings. The molecular formula is C34H22F2N4. The lowest BCUT2D eigenvalue weighted by molar-refractivity contribution is 0.515. The van der Waals surface area contributed by atoms with E-state index >= 15 is 0 Å². The minimum atomic E-state index is -0.906. The Labute approximate surface area is 229 Å². The van der Waals surface area contributed by atoms with Crippen molar-refractivity contribution in [2.45, 2.75) is 5.54 Å². The third kappa shape index (κ3) is 3.61. The van der Waals surface area contributed by atoms with Gasteiger partial charge in [-0.25, -0.2) is 4.98 Å². The molecule has 0 aliphatic heterocycles. The Morgan fingerprint density at radius 2 is 1.18 bits per heavy atom. The molecule has 0 N–H and O–H groups in total. The van der Waals surface area contributed by atoms with Gasteiger partial charge in [-0.1, -0.05) is 91.0 Å². The molecule has 0 saturated carbocycles. The SMILES string of the molecule is Fc1ccc(-c2ccc3c4cnccc4n(C(c4ccccc4)(c4ccccc4)c4ccccc4)c3n2)c(F)n1. The number of hydrogen-bond donors (Lipinski definition) is 0. The first-order valence-corrected chi connectivity index (χ1v) is 12.9. The van der Waals surface area contributed by atoms with E-state index in [9.17, 15) is 8.78 Å². The van der Waals surface area contributed by atoms with Crippen molar-refractivity contribution in [3.63, 3.8) is 0 Å². The quantitative estimate of drug-likeness (QED) is 0.171. The van der Waals surface area contributed by atoms with Gasteiger partial charge in [0.05, 0.1) is 16.8 Å².